The number of amides is 3. The highest BCUT2D eigenvalue weighted by Gasteiger charge is 2.29. The van der Waals surface area contributed by atoms with Gasteiger partial charge in [-0.25, -0.2) is 0 Å². The van der Waals surface area contributed by atoms with Crippen LogP contribution in [-0.2, 0) is 9.59 Å². The average molecular weight is 501 g/mol. The Hall–Kier alpha value is -4.73. The number of para-hydroxylation sites is 2. The molecule has 2 aliphatic heterocycles. The maximum Gasteiger partial charge on any atom is 0.294 e. The molecule has 0 atom stereocenters. The van der Waals surface area contributed by atoms with E-state index in [0.717, 1.165) is 22.9 Å². The molecule has 3 aromatic rings. The number of carbonyl (C=O) groups is 3. The Morgan fingerprint density at radius 2 is 2.00 bits per heavy atom. The van der Waals surface area contributed by atoms with Crippen LogP contribution in [-0.4, -0.2) is 61.2 Å². The lowest BCUT2D eigenvalue weighted by molar-refractivity contribution is -0.130. The van der Waals surface area contributed by atoms with Crippen LogP contribution in [0.15, 0.2) is 69.1 Å². The largest absolute Gasteiger partial charge is 0.451 e. The van der Waals surface area contributed by atoms with Gasteiger partial charge in [0.1, 0.15) is 12.1 Å². The van der Waals surface area contributed by atoms with Gasteiger partial charge in [-0.1, -0.05) is 24.3 Å². The van der Waals surface area contributed by atoms with Gasteiger partial charge in [0.15, 0.2) is 5.76 Å². The molecule has 3 amide bonds. The number of rotatable bonds is 6. The summed E-state index contributed by atoms with van der Waals surface area (Å²) >= 11 is 0. The second kappa shape index (κ2) is 10.5. The molecule has 10 heteroatoms. The van der Waals surface area contributed by atoms with Crippen LogP contribution in [0.5, 0.6) is 0 Å². The Morgan fingerprint density at radius 3 is 2.86 bits per heavy atom. The van der Waals surface area contributed by atoms with Gasteiger partial charge in [0, 0.05) is 39.1 Å². The van der Waals surface area contributed by atoms with E-state index in [1.807, 2.05) is 29.2 Å². The van der Waals surface area contributed by atoms with Gasteiger partial charge in [-0.3, -0.25) is 24.3 Å². The molecule has 1 aromatic heterocycles. The topological polar surface area (TPSA) is 134 Å². The summed E-state index contributed by atoms with van der Waals surface area (Å²) in [7, 11) is 0. The van der Waals surface area contributed by atoms with Crippen molar-refractivity contribution in [2.75, 3.05) is 36.4 Å². The van der Waals surface area contributed by atoms with Crippen LogP contribution in [0.4, 0.5) is 11.4 Å². The van der Waals surface area contributed by atoms with Gasteiger partial charge in [-0.15, -0.1) is 0 Å². The Labute approximate surface area is 214 Å². The zero-order valence-corrected chi connectivity index (χ0v) is 20.1. The molecule has 0 saturated carbocycles. The zero-order valence-electron chi connectivity index (χ0n) is 20.1. The molecule has 0 saturated heterocycles. The molecule has 3 heterocycles. The van der Waals surface area contributed by atoms with Gasteiger partial charge >= 0.3 is 0 Å². The van der Waals surface area contributed by atoms with E-state index < -0.39 is 0 Å². The van der Waals surface area contributed by atoms with Crippen molar-refractivity contribution >= 4 is 58.1 Å². The molecular weight excluding hydrogens is 472 g/mol. The van der Waals surface area contributed by atoms with E-state index in [2.05, 4.69) is 21.5 Å². The standard InChI is InChI=1S/C27H26N6O4.H2/c28-30-12-11-29-10-9-26(35)32-13-3-4-19(16-32)18-7-8-23-20(14-18)15-24(37-23)27(36)33-17-25(34)31-21-5-1-2-6-22(21)33;/h1-2,4-8,11-12,14-15H,3,9-10,13,16-17,28H2,(H,31,34);1H/b29-11?,30-12-;. The summed E-state index contributed by atoms with van der Waals surface area (Å²) in [5.74, 6) is 4.58. The van der Waals surface area contributed by atoms with Crippen molar-refractivity contribution in [1.82, 2.24) is 4.90 Å². The first-order valence-electron chi connectivity index (χ1n) is 12.0. The predicted molar refractivity (Wildman–Crippen MR) is 145 cm³/mol. The third kappa shape index (κ3) is 5.13. The number of benzene rings is 2. The van der Waals surface area contributed by atoms with Crippen LogP contribution in [0.25, 0.3) is 16.5 Å². The molecule has 5 rings (SSSR count). The fourth-order valence-corrected chi connectivity index (χ4v) is 4.54. The lowest BCUT2D eigenvalue weighted by Gasteiger charge is -2.28. The minimum Gasteiger partial charge on any atom is -0.451 e. The Balaban J connectivity index is 0.00000336. The minimum atomic E-state index is -0.380. The molecule has 0 fully saturated rings. The van der Waals surface area contributed by atoms with E-state index in [-0.39, 0.29) is 31.5 Å². The highest BCUT2D eigenvalue weighted by Crippen LogP contribution is 2.32. The number of hydrogen-bond donors (Lipinski definition) is 2. The number of nitrogens with zero attached hydrogens (tertiary/aromatic N) is 4. The van der Waals surface area contributed by atoms with Crippen LogP contribution < -0.4 is 16.1 Å². The fraction of sp³-hybridized carbons (Fsp3) is 0.222. The smallest absolute Gasteiger partial charge is 0.294 e. The molecular formula is C27H28N6O4. The molecule has 2 aromatic carbocycles. The van der Waals surface area contributed by atoms with E-state index in [9.17, 15) is 14.4 Å². The predicted octanol–water partition coefficient (Wildman–Crippen LogP) is 3.30. The van der Waals surface area contributed by atoms with Crippen LogP contribution in [0.2, 0.25) is 0 Å². The van der Waals surface area contributed by atoms with Crippen LogP contribution in [0.3, 0.4) is 0 Å². The first-order chi connectivity index (χ1) is 18.0. The van der Waals surface area contributed by atoms with Gasteiger partial charge < -0.3 is 20.5 Å². The van der Waals surface area contributed by atoms with Crippen molar-refractivity contribution in [3.05, 3.63) is 65.9 Å². The summed E-state index contributed by atoms with van der Waals surface area (Å²) in [6.07, 6.45) is 6.06. The van der Waals surface area contributed by atoms with Gasteiger partial charge in [-0.2, -0.15) is 5.10 Å². The number of carbonyl (C=O) groups excluding carboxylic acids is 3. The first-order valence-corrected chi connectivity index (χ1v) is 12.0. The third-order valence-electron chi connectivity index (χ3n) is 6.33. The fourth-order valence-electron chi connectivity index (χ4n) is 4.54. The maximum absolute atomic E-state index is 13.3. The molecule has 0 unspecified atom stereocenters. The van der Waals surface area contributed by atoms with Crippen molar-refractivity contribution in [2.45, 2.75) is 12.8 Å². The van der Waals surface area contributed by atoms with Crippen LogP contribution >= 0.6 is 0 Å². The second-order valence-corrected chi connectivity index (χ2v) is 8.76. The molecule has 0 bridgehead atoms. The zero-order chi connectivity index (χ0) is 25.8. The summed E-state index contributed by atoms with van der Waals surface area (Å²) < 4.78 is 5.87. The van der Waals surface area contributed by atoms with E-state index in [1.165, 1.54) is 17.3 Å². The summed E-state index contributed by atoms with van der Waals surface area (Å²) in [6.45, 7) is 1.46. The van der Waals surface area contributed by atoms with Crippen molar-refractivity contribution in [3.63, 3.8) is 0 Å². The quantitative estimate of drug-likeness (QED) is 0.304. The Bertz CT molecular complexity index is 1460. The van der Waals surface area contributed by atoms with Crippen LogP contribution in [0, 0.1) is 0 Å². The van der Waals surface area contributed by atoms with E-state index >= 15 is 0 Å². The number of anilines is 2. The maximum atomic E-state index is 13.3. The number of hydrogen-bond acceptors (Lipinski definition) is 7. The lowest BCUT2D eigenvalue weighted by atomic mass is 9.99. The highest BCUT2D eigenvalue weighted by atomic mass is 16.3. The van der Waals surface area contributed by atoms with E-state index in [0.29, 0.717) is 43.0 Å². The number of fused-ring (bicyclic) bond motifs is 2. The number of nitrogens with one attached hydrogen (secondary N) is 1. The Kier molecular flexibility index (Phi) is 6.80. The molecule has 190 valence electrons. The molecule has 2 aliphatic rings. The molecule has 0 spiro atoms. The van der Waals surface area contributed by atoms with Crippen molar-refractivity contribution < 1.29 is 20.2 Å². The van der Waals surface area contributed by atoms with Gasteiger partial charge in [-0.05, 0) is 47.9 Å². The molecule has 37 heavy (non-hydrogen) atoms. The SMILES string of the molecule is N/N=C\C=NCCC(=O)N1CCC=C(c2ccc3oc(C(=O)N4CC(=O)Nc5ccccc54)cc3c2)C1.[HH]. The van der Waals surface area contributed by atoms with Crippen molar-refractivity contribution in [3.8, 4) is 0 Å². The average Bonchev–Trinajstić information content (AvgIpc) is 3.35. The van der Waals surface area contributed by atoms with Crippen molar-refractivity contribution in [2.24, 2.45) is 15.9 Å². The molecule has 10 nitrogen and oxygen atoms in total. The molecule has 0 aliphatic carbocycles. The highest BCUT2D eigenvalue weighted by molar-refractivity contribution is 6.16. The van der Waals surface area contributed by atoms with Crippen molar-refractivity contribution in [1.29, 1.82) is 0 Å². The summed E-state index contributed by atoms with van der Waals surface area (Å²) in [4.78, 5) is 45.4. The minimum absolute atomic E-state index is 0. The number of aliphatic imine (C=N–C) groups is 1. The number of nitrogens with two attached hydrogens (primary N) is 1. The summed E-state index contributed by atoms with van der Waals surface area (Å²) in [6, 6.07) is 14.6. The third-order valence-corrected chi connectivity index (χ3v) is 6.33. The summed E-state index contributed by atoms with van der Waals surface area (Å²) in [5, 5.41) is 6.89. The lowest BCUT2D eigenvalue weighted by Crippen LogP contribution is -2.42. The van der Waals surface area contributed by atoms with E-state index in [4.69, 9.17) is 10.3 Å². The van der Waals surface area contributed by atoms with Gasteiger partial charge in [0.2, 0.25) is 11.8 Å². The Morgan fingerprint density at radius 1 is 1.14 bits per heavy atom. The second-order valence-electron chi connectivity index (χ2n) is 8.76. The number of furan rings is 1. The molecule has 0 radical (unpaired) electrons. The van der Waals surface area contributed by atoms with E-state index in [1.54, 1.807) is 24.3 Å². The van der Waals surface area contributed by atoms with Gasteiger partial charge in [0.05, 0.1) is 17.6 Å². The number of hydrazone groups is 1. The monoisotopic (exact) mass is 500 g/mol. The van der Waals surface area contributed by atoms with Gasteiger partial charge in [0.25, 0.3) is 5.91 Å². The normalized spacial score (nSPS) is 15.8. The summed E-state index contributed by atoms with van der Waals surface area (Å²) in [5.41, 5.74) is 3.79. The van der Waals surface area contributed by atoms with Crippen LogP contribution in [0.1, 0.15) is 30.4 Å². The first kappa shape index (κ1) is 24.0. The molecule has 3 N–H and O–H groups in total.